The van der Waals surface area contributed by atoms with Gasteiger partial charge in [0.15, 0.2) is 11.6 Å². The van der Waals surface area contributed by atoms with Crippen LogP contribution in [0.2, 0.25) is 0 Å². The maximum Gasteiger partial charge on any atom is 0.165 e. The van der Waals surface area contributed by atoms with Gasteiger partial charge in [0, 0.05) is 5.92 Å². The van der Waals surface area contributed by atoms with E-state index in [1.165, 1.54) is 12.1 Å². The summed E-state index contributed by atoms with van der Waals surface area (Å²) in [6.07, 6.45) is 0. The Morgan fingerprint density at radius 1 is 1.11 bits per heavy atom. The van der Waals surface area contributed by atoms with Gasteiger partial charge in [0.1, 0.15) is 5.75 Å². The predicted molar refractivity (Wildman–Crippen MR) is 69.8 cm³/mol. The molecule has 0 heterocycles. The van der Waals surface area contributed by atoms with Crippen molar-refractivity contribution in [2.75, 3.05) is 13.2 Å². The monoisotopic (exact) mass is 262 g/mol. The molecule has 1 unspecified atom stereocenters. The normalized spacial score (nSPS) is 12.1. The Bertz CT molecular complexity index is 542. The van der Waals surface area contributed by atoms with Gasteiger partial charge in [-0.2, -0.15) is 0 Å². The zero-order chi connectivity index (χ0) is 13.7. The van der Waals surface area contributed by atoms with Crippen LogP contribution in [-0.4, -0.2) is 23.4 Å². The quantitative estimate of drug-likeness (QED) is 0.871. The van der Waals surface area contributed by atoms with E-state index in [1.54, 1.807) is 36.4 Å². The van der Waals surface area contributed by atoms with Crippen molar-refractivity contribution in [3.63, 3.8) is 0 Å². The lowest BCUT2D eigenvalue weighted by atomic mass is 10.0. The fourth-order valence-corrected chi connectivity index (χ4v) is 1.79. The number of aliphatic hydroxyl groups excluding tert-OH is 1. The molecule has 0 aliphatic carbocycles. The molecule has 0 aromatic heterocycles. The van der Waals surface area contributed by atoms with Gasteiger partial charge in [-0.15, -0.1) is 0 Å². The van der Waals surface area contributed by atoms with Crippen molar-refractivity contribution in [2.45, 2.75) is 5.92 Å². The molecule has 0 bridgehead atoms. The summed E-state index contributed by atoms with van der Waals surface area (Å²) in [5.74, 6) is -0.468. The van der Waals surface area contributed by atoms with Gasteiger partial charge in [0.05, 0.1) is 13.2 Å². The third-order valence-electron chi connectivity index (χ3n) is 2.84. The molecule has 0 aliphatic heterocycles. The standard InChI is InChI=1S/C15H15FO3/c16-14-6-1-2-7-15(14)19-10-12(9-17)11-4-3-5-13(18)8-11/h1-8,12,17-18H,9-10H2. The predicted octanol–water partition coefficient (Wildman–Crippen LogP) is 2.69. The highest BCUT2D eigenvalue weighted by Crippen LogP contribution is 2.22. The van der Waals surface area contributed by atoms with E-state index in [4.69, 9.17) is 4.74 Å². The molecule has 2 aromatic carbocycles. The van der Waals surface area contributed by atoms with Crippen molar-refractivity contribution in [3.05, 3.63) is 59.9 Å². The van der Waals surface area contributed by atoms with Gasteiger partial charge in [-0.25, -0.2) is 4.39 Å². The second-order valence-electron chi connectivity index (χ2n) is 4.22. The molecule has 0 radical (unpaired) electrons. The van der Waals surface area contributed by atoms with Crippen LogP contribution in [-0.2, 0) is 0 Å². The van der Waals surface area contributed by atoms with E-state index in [0.717, 1.165) is 5.56 Å². The molecule has 1 atom stereocenters. The van der Waals surface area contributed by atoms with Crippen LogP contribution in [0.5, 0.6) is 11.5 Å². The first-order valence-electron chi connectivity index (χ1n) is 5.98. The summed E-state index contributed by atoms with van der Waals surface area (Å²) in [6.45, 7) is -0.00120. The lowest BCUT2D eigenvalue weighted by molar-refractivity contribution is 0.200. The molecule has 0 amide bonds. The van der Waals surface area contributed by atoms with Crippen molar-refractivity contribution in [3.8, 4) is 11.5 Å². The number of benzene rings is 2. The molecule has 2 aromatic rings. The lowest BCUT2D eigenvalue weighted by Gasteiger charge is -2.16. The summed E-state index contributed by atoms with van der Waals surface area (Å²) in [7, 11) is 0. The maximum absolute atomic E-state index is 13.4. The molecule has 2 rings (SSSR count). The zero-order valence-corrected chi connectivity index (χ0v) is 10.3. The van der Waals surface area contributed by atoms with E-state index >= 15 is 0 Å². The second-order valence-corrected chi connectivity index (χ2v) is 4.22. The molecule has 2 N–H and O–H groups in total. The van der Waals surface area contributed by atoms with Crippen LogP contribution in [0.15, 0.2) is 48.5 Å². The van der Waals surface area contributed by atoms with Gasteiger partial charge >= 0.3 is 0 Å². The van der Waals surface area contributed by atoms with Gasteiger partial charge in [-0.1, -0.05) is 24.3 Å². The van der Waals surface area contributed by atoms with E-state index < -0.39 is 5.82 Å². The Morgan fingerprint density at radius 2 is 1.89 bits per heavy atom. The molecule has 0 fully saturated rings. The number of rotatable bonds is 5. The maximum atomic E-state index is 13.4. The van der Waals surface area contributed by atoms with Crippen LogP contribution in [0.1, 0.15) is 11.5 Å². The molecule has 4 heteroatoms. The molecule has 3 nitrogen and oxygen atoms in total. The van der Waals surface area contributed by atoms with Crippen LogP contribution in [0.3, 0.4) is 0 Å². The zero-order valence-electron chi connectivity index (χ0n) is 10.3. The number of phenolic OH excluding ortho intramolecular Hbond substituents is 1. The summed E-state index contributed by atoms with van der Waals surface area (Å²) in [5.41, 5.74) is 0.749. The average molecular weight is 262 g/mol. The molecule has 0 spiro atoms. The Labute approximate surface area is 110 Å². The first-order chi connectivity index (χ1) is 9.20. The Balaban J connectivity index is 2.06. The van der Waals surface area contributed by atoms with Crippen molar-refractivity contribution in [1.82, 2.24) is 0 Å². The van der Waals surface area contributed by atoms with Crippen LogP contribution in [0, 0.1) is 5.82 Å². The van der Waals surface area contributed by atoms with Crippen molar-refractivity contribution in [1.29, 1.82) is 0 Å². The molecular formula is C15H15FO3. The van der Waals surface area contributed by atoms with Crippen LogP contribution in [0.25, 0.3) is 0 Å². The van der Waals surface area contributed by atoms with Crippen LogP contribution >= 0.6 is 0 Å². The Hall–Kier alpha value is -2.07. The van der Waals surface area contributed by atoms with Crippen LogP contribution in [0.4, 0.5) is 4.39 Å². The summed E-state index contributed by atoms with van der Waals surface area (Å²) in [4.78, 5) is 0. The molecule has 0 aliphatic rings. The SMILES string of the molecule is OCC(COc1ccccc1F)c1cccc(O)c1. The number of ether oxygens (including phenoxy) is 1. The summed E-state index contributed by atoms with van der Waals surface area (Å²) in [6, 6.07) is 12.7. The highest BCUT2D eigenvalue weighted by molar-refractivity contribution is 5.30. The fraction of sp³-hybridized carbons (Fsp3) is 0.200. The molecule has 19 heavy (non-hydrogen) atoms. The van der Waals surface area contributed by atoms with Crippen molar-refractivity contribution >= 4 is 0 Å². The van der Waals surface area contributed by atoms with Gasteiger partial charge in [0.2, 0.25) is 0 Å². The number of para-hydroxylation sites is 1. The molecule has 0 saturated heterocycles. The largest absolute Gasteiger partial charge is 0.508 e. The second kappa shape index (κ2) is 6.20. The number of halogens is 1. The Kier molecular flexibility index (Phi) is 4.36. The molecule has 0 saturated carbocycles. The Morgan fingerprint density at radius 3 is 2.58 bits per heavy atom. The van der Waals surface area contributed by atoms with Gasteiger partial charge in [-0.05, 0) is 29.8 Å². The topological polar surface area (TPSA) is 49.7 Å². The number of hydrogen-bond acceptors (Lipinski definition) is 3. The summed E-state index contributed by atoms with van der Waals surface area (Å²) >= 11 is 0. The molecular weight excluding hydrogens is 247 g/mol. The minimum absolute atomic E-state index is 0.127. The first kappa shape index (κ1) is 13.4. The third kappa shape index (κ3) is 3.45. The number of aromatic hydroxyl groups is 1. The first-order valence-corrected chi connectivity index (χ1v) is 5.98. The van der Waals surface area contributed by atoms with Crippen molar-refractivity contribution < 1.29 is 19.3 Å². The number of hydrogen-bond donors (Lipinski definition) is 2. The van der Waals surface area contributed by atoms with Gasteiger partial charge in [-0.3, -0.25) is 0 Å². The fourth-order valence-electron chi connectivity index (χ4n) is 1.79. The van der Waals surface area contributed by atoms with Gasteiger partial charge in [0.25, 0.3) is 0 Å². The van der Waals surface area contributed by atoms with E-state index in [2.05, 4.69) is 0 Å². The van der Waals surface area contributed by atoms with Crippen LogP contribution < -0.4 is 4.74 Å². The van der Waals surface area contributed by atoms with E-state index in [0.29, 0.717) is 0 Å². The smallest absolute Gasteiger partial charge is 0.165 e. The van der Waals surface area contributed by atoms with Crippen molar-refractivity contribution in [2.24, 2.45) is 0 Å². The number of phenols is 1. The van der Waals surface area contributed by atoms with E-state index in [1.807, 2.05) is 0 Å². The minimum Gasteiger partial charge on any atom is -0.508 e. The average Bonchev–Trinajstić information content (AvgIpc) is 2.41. The van der Waals surface area contributed by atoms with E-state index in [-0.39, 0.29) is 30.6 Å². The third-order valence-corrected chi connectivity index (χ3v) is 2.84. The minimum atomic E-state index is -0.435. The lowest BCUT2D eigenvalue weighted by Crippen LogP contribution is -2.14. The van der Waals surface area contributed by atoms with E-state index in [9.17, 15) is 14.6 Å². The number of aliphatic hydroxyl groups is 1. The molecule has 100 valence electrons. The summed E-state index contributed by atoms with van der Waals surface area (Å²) in [5, 5.41) is 18.8. The highest BCUT2D eigenvalue weighted by Gasteiger charge is 2.13. The highest BCUT2D eigenvalue weighted by atomic mass is 19.1. The summed E-state index contributed by atoms with van der Waals surface area (Å²) < 4.78 is 18.8. The van der Waals surface area contributed by atoms with Gasteiger partial charge < -0.3 is 14.9 Å².